The van der Waals surface area contributed by atoms with Gasteiger partial charge in [-0.05, 0) is 24.1 Å². The molecule has 2 aromatic heterocycles. The number of carbonyl (C=O) groups is 1. The highest BCUT2D eigenvalue weighted by Crippen LogP contribution is 2.33. The molecule has 7 heteroatoms. The molecule has 7 nitrogen and oxygen atoms in total. The lowest BCUT2D eigenvalue weighted by molar-refractivity contribution is 0.100. The van der Waals surface area contributed by atoms with Crippen molar-refractivity contribution in [2.45, 2.75) is 13.3 Å². The minimum atomic E-state index is -0.482. The Bertz CT molecular complexity index is 1250. The molecule has 0 fully saturated rings. The molecule has 4 aromatic rings. The van der Waals surface area contributed by atoms with Crippen LogP contribution in [0.3, 0.4) is 0 Å². The number of amides is 1. The molecular formula is C23H22N4O3. The Morgan fingerprint density at radius 2 is 1.80 bits per heavy atom. The van der Waals surface area contributed by atoms with Crippen LogP contribution in [0.5, 0.6) is 11.5 Å². The molecule has 2 heterocycles. The van der Waals surface area contributed by atoms with Crippen LogP contribution in [0.15, 0.2) is 54.9 Å². The Morgan fingerprint density at radius 3 is 2.50 bits per heavy atom. The normalized spacial score (nSPS) is 10.9. The van der Waals surface area contributed by atoms with Crippen LogP contribution in [-0.2, 0) is 6.42 Å². The Balaban J connectivity index is 1.92. The molecule has 0 atom stereocenters. The molecule has 1 amide bonds. The van der Waals surface area contributed by atoms with Crippen LogP contribution >= 0.6 is 0 Å². The highest BCUT2D eigenvalue weighted by Gasteiger charge is 2.17. The fraction of sp³-hybridized carbons (Fsp3) is 0.174. The first-order valence-electron chi connectivity index (χ1n) is 9.56. The molecule has 0 spiro atoms. The molecule has 2 N–H and O–H groups in total. The van der Waals surface area contributed by atoms with E-state index < -0.39 is 5.91 Å². The zero-order valence-electron chi connectivity index (χ0n) is 17.0. The van der Waals surface area contributed by atoms with Crippen LogP contribution in [0.25, 0.3) is 28.1 Å². The number of hydrogen-bond donors (Lipinski definition) is 1. The number of nitrogens with two attached hydrogens (primary N) is 1. The summed E-state index contributed by atoms with van der Waals surface area (Å²) in [6.45, 7) is 2.05. The maximum atomic E-state index is 12.0. The molecule has 30 heavy (non-hydrogen) atoms. The molecule has 0 saturated heterocycles. The predicted octanol–water partition coefficient (Wildman–Crippen LogP) is 3.77. The maximum Gasteiger partial charge on any atom is 0.249 e. The van der Waals surface area contributed by atoms with E-state index in [4.69, 9.17) is 20.2 Å². The SMILES string of the molecule is CCc1ccc(-n2cnc3cc(OC)c(OC)cc32)nc1-c1ccccc1C(N)=O. The largest absolute Gasteiger partial charge is 0.493 e. The smallest absolute Gasteiger partial charge is 0.249 e. The number of hydrogen-bond acceptors (Lipinski definition) is 5. The highest BCUT2D eigenvalue weighted by atomic mass is 16.5. The number of aromatic nitrogens is 3. The van der Waals surface area contributed by atoms with E-state index in [0.717, 1.165) is 28.7 Å². The summed E-state index contributed by atoms with van der Waals surface area (Å²) < 4.78 is 12.7. The first-order valence-corrected chi connectivity index (χ1v) is 9.56. The topological polar surface area (TPSA) is 92.3 Å². The molecule has 152 valence electrons. The average Bonchev–Trinajstić information content (AvgIpc) is 3.20. The van der Waals surface area contributed by atoms with Gasteiger partial charge >= 0.3 is 0 Å². The fourth-order valence-corrected chi connectivity index (χ4v) is 3.55. The number of imidazole rings is 1. The molecule has 0 saturated carbocycles. The number of primary amides is 1. The van der Waals surface area contributed by atoms with Crippen molar-refractivity contribution < 1.29 is 14.3 Å². The molecular weight excluding hydrogens is 380 g/mol. The van der Waals surface area contributed by atoms with E-state index in [1.807, 2.05) is 41.0 Å². The molecule has 0 aliphatic rings. The van der Waals surface area contributed by atoms with Gasteiger partial charge in [-0.25, -0.2) is 9.97 Å². The summed E-state index contributed by atoms with van der Waals surface area (Å²) in [5.41, 5.74) is 10.1. The lowest BCUT2D eigenvalue weighted by atomic mass is 9.98. The highest BCUT2D eigenvalue weighted by molar-refractivity contribution is 5.99. The van der Waals surface area contributed by atoms with E-state index in [9.17, 15) is 4.79 Å². The number of aryl methyl sites for hydroxylation is 1. The number of methoxy groups -OCH3 is 2. The van der Waals surface area contributed by atoms with Gasteiger partial charge in [0.05, 0.1) is 30.9 Å². The van der Waals surface area contributed by atoms with Crippen LogP contribution in [0, 0.1) is 0 Å². The van der Waals surface area contributed by atoms with E-state index in [1.54, 1.807) is 32.7 Å². The zero-order valence-corrected chi connectivity index (χ0v) is 17.0. The van der Waals surface area contributed by atoms with Gasteiger partial charge in [-0.3, -0.25) is 9.36 Å². The Kier molecular flexibility index (Phi) is 5.10. The fourth-order valence-electron chi connectivity index (χ4n) is 3.55. The summed E-state index contributed by atoms with van der Waals surface area (Å²) in [7, 11) is 3.19. The number of fused-ring (bicyclic) bond motifs is 1. The number of nitrogens with zero attached hydrogens (tertiary/aromatic N) is 3. The monoisotopic (exact) mass is 402 g/mol. The van der Waals surface area contributed by atoms with Crippen LogP contribution in [-0.4, -0.2) is 34.7 Å². The third-order valence-electron chi connectivity index (χ3n) is 5.09. The average molecular weight is 402 g/mol. The van der Waals surface area contributed by atoms with Crippen molar-refractivity contribution in [3.05, 3.63) is 66.0 Å². The lowest BCUT2D eigenvalue weighted by Crippen LogP contribution is -2.13. The van der Waals surface area contributed by atoms with E-state index >= 15 is 0 Å². The molecule has 2 aromatic carbocycles. The Hall–Kier alpha value is -3.87. The quantitative estimate of drug-likeness (QED) is 0.530. The van der Waals surface area contributed by atoms with Gasteiger partial charge in [0.25, 0.3) is 0 Å². The Labute approximate surface area is 174 Å². The molecule has 0 aliphatic carbocycles. The minimum absolute atomic E-state index is 0.443. The van der Waals surface area contributed by atoms with E-state index in [-0.39, 0.29) is 0 Å². The number of pyridine rings is 1. The standard InChI is InChI=1S/C23H22N4O3/c1-4-14-9-10-21(26-22(14)15-7-5-6-8-16(15)23(24)28)27-13-25-17-11-19(29-2)20(30-3)12-18(17)27/h5-13H,4H2,1-3H3,(H2,24,28). The Morgan fingerprint density at radius 1 is 1.07 bits per heavy atom. The van der Waals surface area contributed by atoms with Crippen LogP contribution in [0.1, 0.15) is 22.8 Å². The third kappa shape index (κ3) is 3.24. The zero-order chi connectivity index (χ0) is 21.3. The third-order valence-corrected chi connectivity index (χ3v) is 5.09. The van der Waals surface area contributed by atoms with Crippen LogP contribution < -0.4 is 15.2 Å². The first-order chi connectivity index (χ1) is 14.6. The summed E-state index contributed by atoms with van der Waals surface area (Å²) in [4.78, 5) is 21.3. The molecule has 0 radical (unpaired) electrons. The van der Waals surface area contributed by atoms with Crippen molar-refractivity contribution in [1.29, 1.82) is 0 Å². The first kappa shape index (κ1) is 19.4. The summed E-state index contributed by atoms with van der Waals surface area (Å²) in [5, 5.41) is 0. The number of rotatable bonds is 6. The van der Waals surface area contributed by atoms with Crippen molar-refractivity contribution in [1.82, 2.24) is 14.5 Å². The van der Waals surface area contributed by atoms with Gasteiger partial charge in [-0.15, -0.1) is 0 Å². The van der Waals surface area contributed by atoms with Crippen molar-refractivity contribution in [3.63, 3.8) is 0 Å². The lowest BCUT2D eigenvalue weighted by Gasteiger charge is -2.13. The molecule has 0 aliphatic heterocycles. The van der Waals surface area contributed by atoms with Gasteiger partial charge in [-0.2, -0.15) is 0 Å². The molecule has 4 rings (SSSR count). The second kappa shape index (κ2) is 7.87. The van der Waals surface area contributed by atoms with Crippen molar-refractivity contribution in [3.8, 4) is 28.6 Å². The van der Waals surface area contributed by atoms with Gasteiger partial charge in [0.2, 0.25) is 5.91 Å². The summed E-state index contributed by atoms with van der Waals surface area (Å²) >= 11 is 0. The van der Waals surface area contributed by atoms with E-state index in [2.05, 4.69) is 11.9 Å². The molecule has 0 unspecified atom stereocenters. The van der Waals surface area contributed by atoms with Gasteiger partial charge in [0.15, 0.2) is 11.5 Å². The summed E-state index contributed by atoms with van der Waals surface area (Å²) in [6.07, 6.45) is 2.48. The number of ether oxygens (including phenoxy) is 2. The van der Waals surface area contributed by atoms with Gasteiger partial charge in [0.1, 0.15) is 12.1 Å². The van der Waals surface area contributed by atoms with Crippen LogP contribution in [0.2, 0.25) is 0 Å². The van der Waals surface area contributed by atoms with Crippen molar-refractivity contribution in [2.75, 3.05) is 14.2 Å². The van der Waals surface area contributed by atoms with E-state index in [0.29, 0.717) is 28.4 Å². The minimum Gasteiger partial charge on any atom is -0.493 e. The second-order valence-electron chi connectivity index (χ2n) is 6.75. The maximum absolute atomic E-state index is 12.0. The molecule has 0 bridgehead atoms. The van der Waals surface area contributed by atoms with Crippen LogP contribution in [0.4, 0.5) is 0 Å². The second-order valence-corrected chi connectivity index (χ2v) is 6.75. The van der Waals surface area contributed by atoms with Gasteiger partial charge < -0.3 is 15.2 Å². The van der Waals surface area contributed by atoms with Crippen molar-refractivity contribution >= 4 is 16.9 Å². The van der Waals surface area contributed by atoms with E-state index in [1.165, 1.54) is 0 Å². The van der Waals surface area contributed by atoms with Gasteiger partial charge in [-0.1, -0.05) is 31.2 Å². The number of carbonyl (C=O) groups excluding carboxylic acids is 1. The number of benzene rings is 2. The predicted molar refractivity (Wildman–Crippen MR) is 115 cm³/mol. The summed E-state index contributed by atoms with van der Waals surface area (Å²) in [5.74, 6) is 1.41. The summed E-state index contributed by atoms with van der Waals surface area (Å²) in [6, 6.07) is 14.9. The van der Waals surface area contributed by atoms with Gasteiger partial charge in [0, 0.05) is 23.3 Å². The van der Waals surface area contributed by atoms with Crippen molar-refractivity contribution in [2.24, 2.45) is 5.73 Å².